The molecular weight excluding hydrogens is 263 g/mol. The molecular formula is C8H9BrF3NO. The molecule has 2 aliphatic carbocycles. The molecule has 1 N–H and O–H groups in total. The predicted octanol–water partition coefficient (Wildman–Crippen LogP) is 2.80. The number of nitrogens with zero attached hydrogens (tertiary/aromatic N) is 1. The minimum atomic E-state index is -4.12. The molecule has 0 saturated heterocycles. The van der Waals surface area contributed by atoms with Crippen LogP contribution < -0.4 is 0 Å². The van der Waals surface area contributed by atoms with Gasteiger partial charge in [-0.2, -0.15) is 13.2 Å². The molecule has 80 valence electrons. The second-order valence-corrected chi connectivity index (χ2v) is 4.95. The number of hydrogen-bond donors (Lipinski definition) is 1. The van der Waals surface area contributed by atoms with Crippen LogP contribution in [-0.2, 0) is 0 Å². The van der Waals surface area contributed by atoms with Crippen LogP contribution in [0.5, 0.6) is 0 Å². The fourth-order valence-electron chi connectivity index (χ4n) is 2.56. The molecule has 2 bridgehead atoms. The Morgan fingerprint density at radius 3 is 2.43 bits per heavy atom. The van der Waals surface area contributed by atoms with Crippen LogP contribution in [-0.4, -0.2) is 21.9 Å². The van der Waals surface area contributed by atoms with Crippen molar-refractivity contribution in [3.8, 4) is 0 Å². The Kier molecular flexibility index (Phi) is 2.28. The summed E-state index contributed by atoms with van der Waals surface area (Å²) < 4.78 is 37.5. The Morgan fingerprint density at radius 2 is 2.07 bits per heavy atom. The Balaban J connectivity index is 2.20. The molecule has 0 aromatic heterocycles. The van der Waals surface area contributed by atoms with Gasteiger partial charge in [-0.3, -0.25) is 0 Å². The van der Waals surface area contributed by atoms with Gasteiger partial charge in [0.2, 0.25) is 0 Å². The normalized spacial score (nSPS) is 45.0. The summed E-state index contributed by atoms with van der Waals surface area (Å²) in [6.45, 7) is 0. The summed E-state index contributed by atoms with van der Waals surface area (Å²) in [7, 11) is 0. The molecule has 14 heavy (non-hydrogen) atoms. The van der Waals surface area contributed by atoms with Crippen molar-refractivity contribution in [1.29, 1.82) is 0 Å². The second-order valence-electron chi connectivity index (χ2n) is 3.89. The third-order valence-corrected chi connectivity index (χ3v) is 4.56. The van der Waals surface area contributed by atoms with E-state index >= 15 is 0 Å². The summed E-state index contributed by atoms with van der Waals surface area (Å²) in [5.74, 6) is -1.93. The molecule has 2 aliphatic rings. The molecule has 0 aliphatic heterocycles. The lowest BCUT2D eigenvalue weighted by Gasteiger charge is -2.24. The van der Waals surface area contributed by atoms with Crippen LogP contribution in [0.25, 0.3) is 0 Å². The molecule has 2 nitrogen and oxygen atoms in total. The molecule has 0 aromatic rings. The van der Waals surface area contributed by atoms with E-state index in [1.807, 2.05) is 0 Å². The van der Waals surface area contributed by atoms with E-state index in [0.29, 0.717) is 5.71 Å². The van der Waals surface area contributed by atoms with Gasteiger partial charge in [0.1, 0.15) is 0 Å². The molecule has 6 heteroatoms. The van der Waals surface area contributed by atoms with Gasteiger partial charge in [0, 0.05) is 10.7 Å². The van der Waals surface area contributed by atoms with E-state index in [4.69, 9.17) is 5.21 Å². The van der Waals surface area contributed by atoms with Gasteiger partial charge in [0.25, 0.3) is 0 Å². The summed E-state index contributed by atoms with van der Waals surface area (Å²) in [5.41, 5.74) is 0.511. The highest BCUT2D eigenvalue weighted by molar-refractivity contribution is 9.09. The van der Waals surface area contributed by atoms with Crippen LogP contribution in [0.3, 0.4) is 0 Å². The summed E-state index contributed by atoms with van der Waals surface area (Å²) in [6, 6.07) is 0. The zero-order valence-electron chi connectivity index (χ0n) is 7.13. The molecule has 2 rings (SSSR count). The standard InChI is InChI=1S/C8H9BrF3NO/c9-7-3-2-6(13-14)4(7)1-5(3)8(10,11)12/h3-5,7,14H,1-2H2/b13-6+. The minimum absolute atomic E-state index is 0.0590. The van der Waals surface area contributed by atoms with Crippen LogP contribution in [0.15, 0.2) is 5.16 Å². The van der Waals surface area contributed by atoms with E-state index in [9.17, 15) is 13.2 Å². The first-order valence-corrected chi connectivity index (χ1v) is 5.28. The first-order chi connectivity index (χ1) is 6.45. The summed E-state index contributed by atoms with van der Waals surface area (Å²) in [6.07, 6.45) is -3.79. The highest BCUT2D eigenvalue weighted by Crippen LogP contribution is 2.55. The molecule has 4 atom stereocenters. The zero-order chi connectivity index (χ0) is 10.5. The molecule has 0 aromatic carbocycles. The van der Waals surface area contributed by atoms with Gasteiger partial charge in [-0.25, -0.2) is 0 Å². The summed E-state index contributed by atoms with van der Waals surface area (Å²) in [5, 5.41) is 11.6. The van der Waals surface area contributed by atoms with Gasteiger partial charge < -0.3 is 5.21 Å². The molecule has 0 radical (unpaired) electrons. The monoisotopic (exact) mass is 271 g/mol. The quantitative estimate of drug-likeness (QED) is 0.410. The van der Waals surface area contributed by atoms with E-state index in [2.05, 4.69) is 21.1 Å². The van der Waals surface area contributed by atoms with Gasteiger partial charge >= 0.3 is 6.18 Å². The second kappa shape index (κ2) is 3.12. The Bertz CT molecular complexity index is 278. The van der Waals surface area contributed by atoms with E-state index in [1.54, 1.807) is 0 Å². The number of oxime groups is 1. The maximum atomic E-state index is 12.5. The topological polar surface area (TPSA) is 32.6 Å². The Morgan fingerprint density at radius 1 is 1.43 bits per heavy atom. The summed E-state index contributed by atoms with van der Waals surface area (Å²) >= 11 is 3.25. The minimum Gasteiger partial charge on any atom is -0.411 e. The van der Waals surface area contributed by atoms with Crippen molar-refractivity contribution in [2.45, 2.75) is 23.8 Å². The lowest BCUT2D eigenvalue weighted by atomic mass is 9.87. The molecule has 4 unspecified atom stereocenters. The smallest absolute Gasteiger partial charge is 0.392 e. The van der Waals surface area contributed by atoms with E-state index < -0.39 is 18.0 Å². The maximum absolute atomic E-state index is 12.5. The highest BCUT2D eigenvalue weighted by Gasteiger charge is 2.59. The fourth-order valence-corrected chi connectivity index (χ4v) is 3.63. The van der Waals surface area contributed by atoms with Crippen LogP contribution in [0.4, 0.5) is 13.2 Å². The molecule has 0 amide bonds. The van der Waals surface area contributed by atoms with Crippen LogP contribution in [0.1, 0.15) is 12.8 Å². The number of rotatable bonds is 0. The van der Waals surface area contributed by atoms with E-state index in [0.717, 1.165) is 0 Å². The Labute approximate surface area is 87.3 Å². The van der Waals surface area contributed by atoms with Gasteiger partial charge in [-0.05, 0) is 18.8 Å². The first-order valence-electron chi connectivity index (χ1n) is 4.36. The van der Waals surface area contributed by atoms with Crippen molar-refractivity contribution in [2.75, 3.05) is 0 Å². The SMILES string of the molecule is O/N=C1\CC2C(Br)C1CC2C(F)(F)F. The van der Waals surface area contributed by atoms with Crippen molar-refractivity contribution >= 4 is 21.6 Å². The van der Waals surface area contributed by atoms with Crippen molar-refractivity contribution in [2.24, 2.45) is 22.9 Å². The van der Waals surface area contributed by atoms with E-state index in [-0.39, 0.29) is 23.6 Å². The van der Waals surface area contributed by atoms with Crippen LogP contribution in [0.2, 0.25) is 0 Å². The largest absolute Gasteiger partial charge is 0.411 e. The number of alkyl halides is 4. The van der Waals surface area contributed by atoms with Crippen molar-refractivity contribution in [3.05, 3.63) is 0 Å². The molecule has 2 fully saturated rings. The average molecular weight is 272 g/mol. The lowest BCUT2D eigenvalue weighted by molar-refractivity contribution is -0.183. The van der Waals surface area contributed by atoms with Gasteiger partial charge in [-0.1, -0.05) is 21.1 Å². The zero-order valence-corrected chi connectivity index (χ0v) is 8.72. The third kappa shape index (κ3) is 1.34. The van der Waals surface area contributed by atoms with Gasteiger partial charge in [-0.15, -0.1) is 0 Å². The number of hydrogen-bond acceptors (Lipinski definition) is 2. The predicted molar refractivity (Wildman–Crippen MR) is 47.7 cm³/mol. The fraction of sp³-hybridized carbons (Fsp3) is 0.875. The summed E-state index contributed by atoms with van der Waals surface area (Å²) in [4.78, 5) is -0.181. The number of fused-ring (bicyclic) bond motifs is 2. The van der Waals surface area contributed by atoms with Crippen molar-refractivity contribution in [1.82, 2.24) is 0 Å². The maximum Gasteiger partial charge on any atom is 0.392 e. The van der Waals surface area contributed by atoms with E-state index in [1.165, 1.54) is 0 Å². The van der Waals surface area contributed by atoms with Gasteiger partial charge in [0.15, 0.2) is 0 Å². The van der Waals surface area contributed by atoms with Crippen molar-refractivity contribution in [3.63, 3.8) is 0 Å². The first kappa shape index (κ1) is 10.3. The van der Waals surface area contributed by atoms with Crippen LogP contribution >= 0.6 is 15.9 Å². The number of halogens is 4. The third-order valence-electron chi connectivity index (χ3n) is 3.24. The van der Waals surface area contributed by atoms with Gasteiger partial charge in [0.05, 0.1) is 11.6 Å². The van der Waals surface area contributed by atoms with Crippen LogP contribution in [0, 0.1) is 17.8 Å². The Hall–Kier alpha value is -0.260. The molecule has 0 spiro atoms. The molecule has 2 saturated carbocycles. The highest BCUT2D eigenvalue weighted by atomic mass is 79.9. The van der Waals surface area contributed by atoms with Crippen molar-refractivity contribution < 1.29 is 18.4 Å². The molecule has 0 heterocycles. The average Bonchev–Trinajstić information content (AvgIpc) is 2.57. The lowest BCUT2D eigenvalue weighted by Crippen LogP contribution is -2.30.